The Balaban J connectivity index is 2.65. The lowest BCUT2D eigenvalue weighted by Gasteiger charge is -2.20. The predicted molar refractivity (Wildman–Crippen MR) is 101 cm³/mol. The minimum absolute atomic E-state index is 0.119. The molecule has 1 rings (SSSR count). The van der Waals surface area contributed by atoms with Gasteiger partial charge in [0, 0.05) is 18.7 Å². The number of allylic oxidation sites excluding steroid dienone is 7. The quantitative estimate of drug-likeness (QED) is 0.562. The third kappa shape index (κ3) is 7.56. The summed E-state index contributed by atoms with van der Waals surface area (Å²) in [5, 5.41) is 12.5. The van der Waals surface area contributed by atoms with E-state index in [-0.39, 0.29) is 6.54 Å². The number of aliphatic hydroxyl groups excluding tert-OH is 1. The molecule has 0 saturated carbocycles. The molecule has 0 fully saturated rings. The van der Waals surface area contributed by atoms with E-state index in [0.717, 1.165) is 17.2 Å². The van der Waals surface area contributed by atoms with Crippen molar-refractivity contribution in [3.05, 3.63) is 59.3 Å². The van der Waals surface area contributed by atoms with Gasteiger partial charge >= 0.3 is 6.18 Å². The van der Waals surface area contributed by atoms with Crippen molar-refractivity contribution in [3.63, 3.8) is 0 Å². The summed E-state index contributed by atoms with van der Waals surface area (Å²) in [6.45, 7) is 4.07. The lowest BCUT2D eigenvalue weighted by molar-refractivity contribution is -0.129. The van der Waals surface area contributed by atoms with Crippen LogP contribution in [0, 0.1) is 5.92 Å². The summed E-state index contributed by atoms with van der Waals surface area (Å²) >= 11 is 0. The van der Waals surface area contributed by atoms with Crippen LogP contribution in [0.1, 0.15) is 26.7 Å². The van der Waals surface area contributed by atoms with Gasteiger partial charge in [0.05, 0.1) is 12.0 Å². The summed E-state index contributed by atoms with van der Waals surface area (Å²) in [5.74, 6) is -2.23. The molecule has 2 unspecified atom stereocenters. The first-order chi connectivity index (χ1) is 12.7. The van der Waals surface area contributed by atoms with Crippen LogP contribution >= 0.6 is 0 Å². The number of rotatable bonds is 8. The van der Waals surface area contributed by atoms with E-state index in [0.29, 0.717) is 19.4 Å². The van der Waals surface area contributed by atoms with Gasteiger partial charge in [-0.15, -0.1) is 0 Å². The zero-order valence-electron chi connectivity index (χ0n) is 15.6. The van der Waals surface area contributed by atoms with Crippen molar-refractivity contribution in [1.82, 2.24) is 5.32 Å². The molecule has 0 aromatic heterocycles. The highest BCUT2D eigenvalue weighted by molar-refractivity contribution is 5.84. The smallest absolute Gasteiger partial charge is 0.391 e. The molecule has 1 aliphatic carbocycles. The number of alkyl halides is 3. The highest BCUT2D eigenvalue weighted by atomic mass is 19.4. The lowest BCUT2D eigenvalue weighted by atomic mass is 9.97. The van der Waals surface area contributed by atoms with Gasteiger partial charge < -0.3 is 16.2 Å². The van der Waals surface area contributed by atoms with Gasteiger partial charge in [-0.25, -0.2) is 0 Å². The number of aliphatic hydroxyl groups is 1. The van der Waals surface area contributed by atoms with Crippen LogP contribution in [0.2, 0.25) is 0 Å². The van der Waals surface area contributed by atoms with Crippen LogP contribution < -0.4 is 11.1 Å². The van der Waals surface area contributed by atoms with Crippen molar-refractivity contribution in [1.29, 1.82) is 0 Å². The van der Waals surface area contributed by atoms with Crippen molar-refractivity contribution in [3.8, 4) is 0 Å². The molecule has 7 heteroatoms. The largest absolute Gasteiger partial charge is 0.413 e. The van der Waals surface area contributed by atoms with Crippen LogP contribution in [0.15, 0.2) is 59.3 Å². The summed E-state index contributed by atoms with van der Waals surface area (Å²) in [5.41, 5.74) is 6.70. The fourth-order valence-electron chi connectivity index (χ4n) is 2.63. The third-order valence-corrected chi connectivity index (χ3v) is 4.23. The van der Waals surface area contributed by atoms with Gasteiger partial charge in [-0.1, -0.05) is 48.1 Å². The second kappa shape index (κ2) is 10.9. The second-order valence-electron chi connectivity index (χ2n) is 6.31. The number of halogens is 3. The average molecular weight is 384 g/mol. The number of carbonyl (C=O) groups excluding carboxylic acids is 1. The topological polar surface area (TPSA) is 75.3 Å². The summed E-state index contributed by atoms with van der Waals surface area (Å²) in [6, 6.07) is 0. The minimum atomic E-state index is -4.61. The van der Waals surface area contributed by atoms with E-state index >= 15 is 0 Å². The van der Waals surface area contributed by atoms with Crippen LogP contribution in [-0.4, -0.2) is 36.4 Å². The molecule has 0 heterocycles. The molecule has 0 saturated heterocycles. The molecule has 4 N–H and O–H groups in total. The van der Waals surface area contributed by atoms with Gasteiger partial charge in [0.15, 0.2) is 0 Å². The molecule has 0 radical (unpaired) electrons. The second-order valence-corrected chi connectivity index (χ2v) is 6.31. The SMILES string of the molecule is C/C=C\C(CCC(O)CNC(=O)C1C=CC=CC=C1C(F)(F)F)=C(/C)CN. The fraction of sp³-hybridized carbons (Fsp3) is 0.450. The number of nitrogens with one attached hydrogen (secondary N) is 1. The predicted octanol–water partition coefficient (Wildman–Crippen LogP) is 3.33. The number of carbonyl (C=O) groups is 1. The monoisotopic (exact) mass is 384 g/mol. The Hall–Kier alpha value is -2.12. The van der Waals surface area contributed by atoms with Crippen molar-refractivity contribution in [2.45, 2.75) is 39.0 Å². The van der Waals surface area contributed by atoms with E-state index in [4.69, 9.17) is 5.73 Å². The summed E-state index contributed by atoms with van der Waals surface area (Å²) in [7, 11) is 0. The van der Waals surface area contributed by atoms with E-state index in [1.54, 1.807) is 0 Å². The maximum atomic E-state index is 13.1. The number of amides is 1. The minimum Gasteiger partial charge on any atom is -0.391 e. The Morgan fingerprint density at radius 3 is 2.67 bits per heavy atom. The van der Waals surface area contributed by atoms with Crippen molar-refractivity contribution >= 4 is 5.91 Å². The van der Waals surface area contributed by atoms with Crippen molar-refractivity contribution in [2.75, 3.05) is 13.1 Å². The number of nitrogens with two attached hydrogens (primary N) is 1. The van der Waals surface area contributed by atoms with Crippen molar-refractivity contribution in [2.24, 2.45) is 11.7 Å². The van der Waals surface area contributed by atoms with E-state index < -0.39 is 29.7 Å². The fourth-order valence-corrected chi connectivity index (χ4v) is 2.63. The van der Waals surface area contributed by atoms with E-state index in [1.165, 1.54) is 24.3 Å². The van der Waals surface area contributed by atoms with Crippen LogP contribution in [0.25, 0.3) is 0 Å². The summed E-state index contributed by atoms with van der Waals surface area (Å²) in [6.07, 6.45) is 5.41. The highest BCUT2D eigenvalue weighted by Crippen LogP contribution is 2.33. The zero-order chi connectivity index (χ0) is 20.4. The number of hydrogen-bond donors (Lipinski definition) is 3. The summed E-state index contributed by atoms with van der Waals surface area (Å²) < 4.78 is 39.4. The molecule has 0 aliphatic heterocycles. The molecule has 0 aromatic carbocycles. The molecule has 1 aliphatic rings. The molecule has 2 atom stereocenters. The van der Waals surface area contributed by atoms with Crippen LogP contribution in [0.5, 0.6) is 0 Å². The van der Waals surface area contributed by atoms with Gasteiger partial charge in [0.2, 0.25) is 5.91 Å². The Kier molecular flexibility index (Phi) is 9.25. The maximum absolute atomic E-state index is 13.1. The first-order valence-corrected chi connectivity index (χ1v) is 8.80. The Labute approximate surface area is 158 Å². The van der Waals surface area contributed by atoms with Crippen LogP contribution in [0.3, 0.4) is 0 Å². The van der Waals surface area contributed by atoms with Crippen LogP contribution in [-0.2, 0) is 4.79 Å². The Bertz CT molecular complexity index is 659. The van der Waals surface area contributed by atoms with E-state index in [1.807, 2.05) is 26.0 Å². The molecule has 4 nitrogen and oxygen atoms in total. The van der Waals surface area contributed by atoms with Gasteiger partial charge in [-0.2, -0.15) is 13.2 Å². The van der Waals surface area contributed by atoms with E-state index in [9.17, 15) is 23.1 Å². The lowest BCUT2D eigenvalue weighted by Crippen LogP contribution is -2.38. The first-order valence-electron chi connectivity index (χ1n) is 8.80. The maximum Gasteiger partial charge on any atom is 0.413 e. The molecule has 27 heavy (non-hydrogen) atoms. The van der Waals surface area contributed by atoms with Crippen molar-refractivity contribution < 1.29 is 23.1 Å². The van der Waals surface area contributed by atoms with Crippen LogP contribution in [0.4, 0.5) is 13.2 Å². The first kappa shape index (κ1) is 22.9. The molecule has 0 spiro atoms. The summed E-state index contributed by atoms with van der Waals surface area (Å²) in [4.78, 5) is 12.2. The van der Waals surface area contributed by atoms with E-state index in [2.05, 4.69) is 5.32 Å². The molecular weight excluding hydrogens is 357 g/mol. The molecular formula is C20H27F3N2O2. The molecule has 0 aromatic rings. The molecule has 1 amide bonds. The molecule has 150 valence electrons. The normalized spacial score (nSPS) is 19.5. The zero-order valence-corrected chi connectivity index (χ0v) is 15.6. The number of hydrogen-bond acceptors (Lipinski definition) is 3. The third-order valence-electron chi connectivity index (χ3n) is 4.23. The van der Waals surface area contributed by atoms with Gasteiger partial charge in [0.1, 0.15) is 0 Å². The highest BCUT2D eigenvalue weighted by Gasteiger charge is 2.40. The van der Waals surface area contributed by atoms with Gasteiger partial charge in [0.25, 0.3) is 0 Å². The van der Waals surface area contributed by atoms with Gasteiger partial charge in [-0.05, 0) is 32.3 Å². The Morgan fingerprint density at radius 2 is 2.07 bits per heavy atom. The van der Waals surface area contributed by atoms with Gasteiger partial charge in [-0.3, -0.25) is 4.79 Å². The standard InChI is InChI=1S/C20H27F3N2O2/c1-3-7-15(14(2)12-24)10-11-16(26)13-25-19(27)17-8-5-4-6-9-18(17)20(21,22)23/h3-9,16-17,26H,10-13,24H2,1-2H3,(H,25,27)/b7-3-,15-14-. The molecule has 0 bridgehead atoms. The average Bonchev–Trinajstić information content (AvgIpc) is 2.88. The Morgan fingerprint density at radius 1 is 1.37 bits per heavy atom.